The Morgan fingerprint density at radius 3 is 1.69 bits per heavy atom. The summed E-state index contributed by atoms with van der Waals surface area (Å²) < 4.78 is 2.63. The third-order valence-electron chi connectivity index (χ3n) is 12.9. The van der Waals surface area contributed by atoms with Crippen LogP contribution in [0.1, 0.15) is 27.8 Å². The van der Waals surface area contributed by atoms with Crippen LogP contribution in [-0.4, -0.2) is 0 Å². The van der Waals surface area contributed by atoms with Gasteiger partial charge in [-0.2, -0.15) is 0 Å². The Bertz CT molecular complexity index is 3410. The number of hydrogen-bond acceptors (Lipinski definition) is 3. The molecule has 1 aromatic heterocycles. The molecule has 64 heavy (non-hydrogen) atoms. The highest BCUT2D eigenvalue weighted by Gasteiger charge is 2.47. The Kier molecular flexibility index (Phi) is 9.40. The molecule has 9 aromatic carbocycles. The molecule has 1 nitrogen and oxygen atoms in total. The van der Waals surface area contributed by atoms with E-state index in [4.69, 9.17) is 6.58 Å². The highest BCUT2D eigenvalue weighted by atomic mass is 32.2. The minimum atomic E-state index is -0.523. The van der Waals surface area contributed by atoms with Gasteiger partial charge in [-0.1, -0.05) is 219 Å². The molecule has 0 amide bonds. The second kappa shape index (κ2) is 15.7. The van der Waals surface area contributed by atoms with Crippen molar-refractivity contribution in [2.24, 2.45) is 0 Å². The zero-order valence-corrected chi connectivity index (χ0v) is 36.6. The Morgan fingerprint density at radius 2 is 0.969 bits per heavy atom. The summed E-state index contributed by atoms with van der Waals surface area (Å²) in [5, 5.41) is 2.62. The Labute approximate surface area is 382 Å². The molecule has 3 heteroatoms. The number of rotatable bonds is 7. The maximum atomic E-state index is 4.75. The molecule has 0 spiro atoms. The molecule has 0 fully saturated rings. The van der Waals surface area contributed by atoms with Gasteiger partial charge in [-0.3, -0.25) is 0 Å². The maximum absolute atomic E-state index is 4.75. The highest BCUT2D eigenvalue weighted by molar-refractivity contribution is 8.08. The van der Waals surface area contributed by atoms with E-state index in [-0.39, 0.29) is 0 Å². The van der Waals surface area contributed by atoms with Crippen LogP contribution in [0.3, 0.4) is 0 Å². The lowest BCUT2D eigenvalue weighted by atomic mass is 9.67. The zero-order valence-electron chi connectivity index (χ0n) is 35.0. The molecule has 0 saturated heterocycles. The van der Waals surface area contributed by atoms with Gasteiger partial charge < -0.3 is 4.90 Å². The van der Waals surface area contributed by atoms with Crippen LogP contribution in [-0.2, 0) is 5.41 Å². The quantitative estimate of drug-likeness (QED) is 0.157. The zero-order chi connectivity index (χ0) is 42.6. The summed E-state index contributed by atoms with van der Waals surface area (Å²) in [4.78, 5) is 4.86. The summed E-state index contributed by atoms with van der Waals surface area (Å²) in [6.45, 7) is 4.75. The predicted molar refractivity (Wildman–Crippen MR) is 275 cm³/mol. The van der Waals surface area contributed by atoms with E-state index in [2.05, 4.69) is 242 Å². The molecular weight excluding hydrogens is 811 g/mol. The van der Waals surface area contributed by atoms with Crippen LogP contribution in [0.2, 0.25) is 0 Å². The van der Waals surface area contributed by atoms with Crippen LogP contribution in [0.15, 0.2) is 254 Å². The van der Waals surface area contributed by atoms with Gasteiger partial charge in [-0.15, -0.1) is 11.3 Å². The molecule has 2 heterocycles. The third-order valence-corrected chi connectivity index (χ3v) is 15.4. The van der Waals surface area contributed by atoms with Crippen molar-refractivity contribution in [2.75, 3.05) is 4.90 Å². The fourth-order valence-electron chi connectivity index (χ4n) is 10.0. The minimum Gasteiger partial charge on any atom is -0.309 e. The lowest BCUT2D eigenvalue weighted by Gasteiger charge is -2.35. The standard InChI is InChI=1S/C61H41NS2/c1-41-31-40-55-59(53-24-11-13-28-54(53)61(55,45-19-7-3-8-20-45)46-21-9-4-10-22-46)64-60-49(41)25-16-29-56(60)62(47-36-32-43(33-37-47)42-17-5-2-6-18-42)48-38-34-44(35-39-48)50-26-15-27-52-51-23-12-14-30-57(51)63-58(50)52/h2-40H,1H2/b40-31-. The maximum Gasteiger partial charge on any atom is 0.0718 e. The molecule has 0 unspecified atom stereocenters. The Hall–Kier alpha value is -7.43. The molecular formula is C61H41NS2. The van der Waals surface area contributed by atoms with E-state index in [0.717, 1.165) is 28.2 Å². The van der Waals surface area contributed by atoms with Gasteiger partial charge in [0.25, 0.3) is 0 Å². The van der Waals surface area contributed by atoms with Crippen molar-refractivity contribution in [3.63, 3.8) is 0 Å². The monoisotopic (exact) mass is 851 g/mol. The molecule has 0 atom stereocenters. The second-order valence-corrected chi connectivity index (χ2v) is 18.5. The number of anilines is 3. The van der Waals surface area contributed by atoms with Gasteiger partial charge in [-0.05, 0) is 97.6 Å². The van der Waals surface area contributed by atoms with Crippen LogP contribution in [0.5, 0.6) is 0 Å². The van der Waals surface area contributed by atoms with Crippen molar-refractivity contribution >= 4 is 70.8 Å². The molecule has 2 aliphatic rings. The summed E-state index contributed by atoms with van der Waals surface area (Å²) in [6.07, 6.45) is 4.59. The van der Waals surface area contributed by atoms with Crippen LogP contribution in [0, 0.1) is 0 Å². The van der Waals surface area contributed by atoms with Crippen molar-refractivity contribution in [1.82, 2.24) is 0 Å². The average molecular weight is 852 g/mol. The van der Waals surface area contributed by atoms with Gasteiger partial charge in [0, 0.05) is 41.3 Å². The van der Waals surface area contributed by atoms with Crippen molar-refractivity contribution in [3.8, 4) is 22.3 Å². The minimum absolute atomic E-state index is 0.523. The normalized spacial score (nSPS) is 14.4. The van der Waals surface area contributed by atoms with Crippen LogP contribution in [0.25, 0.3) is 52.9 Å². The largest absolute Gasteiger partial charge is 0.309 e. The van der Waals surface area contributed by atoms with Gasteiger partial charge in [0.2, 0.25) is 0 Å². The molecule has 302 valence electrons. The van der Waals surface area contributed by atoms with E-state index in [1.165, 1.54) is 80.1 Å². The van der Waals surface area contributed by atoms with Gasteiger partial charge in [0.1, 0.15) is 0 Å². The lowest BCUT2D eigenvalue weighted by molar-refractivity contribution is 0.762. The number of benzene rings is 9. The first-order chi connectivity index (χ1) is 31.7. The van der Waals surface area contributed by atoms with Gasteiger partial charge >= 0.3 is 0 Å². The summed E-state index contributed by atoms with van der Waals surface area (Å²) >= 11 is 3.75. The van der Waals surface area contributed by atoms with Crippen LogP contribution >= 0.6 is 23.1 Å². The van der Waals surface area contributed by atoms with Crippen molar-refractivity contribution < 1.29 is 0 Å². The second-order valence-electron chi connectivity index (χ2n) is 16.5. The van der Waals surface area contributed by atoms with Gasteiger partial charge in [0.15, 0.2) is 0 Å². The van der Waals surface area contributed by atoms with Crippen molar-refractivity contribution in [3.05, 3.63) is 277 Å². The SMILES string of the molecule is C=C1/C=C\C2=C(Sc3c1cccc3N(c1ccc(-c3ccccc3)cc1)c1ccc(-c3cccc4c3sc3ccccc34)cc1)c1ccccc1C2(c1ccccc1)c1ccccc1. The first kappa shape index (κ1) is 38.3. The van der Waals surface area contributed by atoms with Crippen molar-refractivity contribution in [2.45, 2.75) is 10.3 Å². The number of allylic oxidation sites excluding steroid dienone is 4. The average Bonchev–Trinajstić information content (AvgIpc) is 3.88. The highest BCUT2D eigenvalue weighted by Crippen LogP contribution is 2.61. The fourth-order valence-corrected chi connectivity index (χ4v) is 12.6. The number of hydrogen-bond donors (Lipinski definition) is 0. The topological polar surface area (TPSA) is 3.24 Å². The molecule has 0 radical (unpaired) electrons. The molecule has 0 N–H and O–H groups in total. The Morgan fingerprint density at radius 1 is 0.422 bits per heavy atom. The van der Waals surface area contributed by atoms with Crippen LogP contribution in [0.4, 0.5) is 17.1 Å². The number of thioether (sulfide) groups is 1. The number of fused-ring (bicyclic) bond motifs is 6. The molecule has 1 aliphatic carbocycles. The van der Waals surface area contributed by atoms with E-state index in [0.29, 0.717) is 0 Å². The fraction of sp³-hybridized carbons (Fsp3) is 0.0164. The smallest absolute Gasteiger partial charge is 0.0718 e. The van der Waals surface area contributed by atoms with Gasteiger partial charge in [-0.25, -0.2) is 0 Å². The molecule has 0 saturated carbocycles. The first-order valence-corrected chi connectivity index (χ1v) is 23.4. The summed E-state index contributed by atoms with van der Waals surface area (Å²) in [7, 11) is 0. The van der Waals surface area contributed by atoms with E-state index in [1.54, 1.807) is 0 Å². The van der Waals surface area contributed by atoms with Crippen molar-refractivity contribution in [1.29, 1.82) is 0 Å². The van der Waals surface area contributed by atoms with Crippen LogP contribution < -0.4 is 4.90 Å². The van der Waals surface area contributed by atoms with E-state index in [9.17, 15) is 0 Å². The predicted octanol–water partition coefficient (Wildman–Crippen LogP) is 17.3. The summed E-state index contributed by atoms with van der Waals surface area (Å²) in [6, 6.07) is 82.1. The molecule has 1 aliphatic heterocycles. The number of nitrogens with zero attached hydrogens (tertiary/aromatic N) is 1. The number of thiophene rings is 1. The first-order valence-electron chi connectivity index (χ1n) is 21.8. The molecule has 12 rings (SSSR count). The van der Waals surface area contributed by atoms with E-state index >= 15 is 0 Å². The summed E-state index contributed by atoms with van der Waals surface area (Å²) in [5.41, 5.74) is 16.0. The lowest BCUT2D eigenvalue weighted by Crippen LogP contribution is -2.29. The van der Waals surface area contributed by atoms with Gasteiger partial charge in [0.05, 0.1) is 11.1 Å². The molecule has 0 bridgehead atoms. The molecule has 10 aromatic rings. The summed E-state index contributed by atoms with van der Waals surface area (Å²) in [5.74, 6) is 0. The van der Waals surface area contributed by atoms with E-state index < -0.39 is 5.41 Å². The Balaban J connectivity index is 1.05. The van der Waals surface area contributed by atoms with E-state index in [1.807, 2.05) is 23.1 Å². The third kappa shape index (κ3) is 6.15.